The van der Waals surface area contributed by atoms with Gasteiger partial charge in [-0.25, -0.2) is 4.57 Å². The third-order valence-corrected chi connectivity index (χ3v) is 8.41. The summed E-state index contributed by atoms with van der Waals surface area (Å²) in [7, 11) is -4.22. The number of unbranched alkanes of at least 4 members (excludes halogenated alkanes) is 19. The molecule has 3 N–H and O–H groups in total. The van der Waals surface area contributed by atoms with Crippen LogP contribution >= 0.6 is 7.82 Å². The summed E-state index contributed by atoms with van der Waals surface area (Å²) in [5.74, 6) is -0.505. The summed E-state index contributed by atoms with van der Waals surface area (Å²) in [4.78, 5) is 20.9. The van der Waals surface area contributed by atoms with Gasteiger partial charge in [0.1, 0.15) is 6.10 Å². The first-order chi connectivity index (χ1) is 21.4. The number of phosphoric ester groups is 1. The van der Waals surface area contributed by atoms with Gasteiger partial charge in [0, 0.05) is 20.1 Å². The maximum atomic E-state index is 11.7. The number of hydrogen-bond acceptors (Lipinski definition) is 7. The molecule has 0 aliphatic carbocycles. The lowest BCUT2D eigenvalue weighted by molar-refractivity contribution is -0.151. The molecule has 2 atom stereocenters. The first-order valence-corrected chi connectivity index (χ1v) is 19.3. The molecule has 0 aromatic rings. The van der Waals surface area contributed by atoms with Gasteiger partial charge in [-0.05, 0) is 38.5 Å². The van der Waals surface area contributed by atoms with Crippen LogP contribution in [0.1, 0.15) is 155 Å². The van der Waals surface area contributed by atoms with Crippen molar-refractivity contribution in [2.24, 2.45) is 5.73 Å². The van der Waals surface area contributed by atoms with Crippen LogP contribution < -0.4 is 5.73 Å². The molecule has 0 saturated heterocycles. The van der Waals surface area contributed by atoms with E-state index in [1.165, 1.54) is 129 Å². The van der Waals surface area contributed by atoms with Crippen LogP contribution in [0.2, 0.25) is 0 Å². The number of ether oxygens (including phenoxy) is 2. The molecule has 2 unspecified atom stereocenters. The zero-order valence-electron chi connectivity index (χ0n) is 28.4. The molecule has 9 heteroatoms. The van der Waals surface area contributed by atoms with Gasteiger partial charge in [-0.2, -0.15) is 0 Å². The van der Waals surface area contributed by atoms with E-state index in [0.717, 1.165) is 19.3 Å². The molecule has 0 aromatic carbocycles. The van der Waals surface area contributed by atoms with E-state index >= 15 is 0 Å². The lowest BCUT2D eigenvalue weighted by Gasteiger charge is -2.19. The highest BCUT2D eigenvalue weighted by Gasteiger charge is 2.24. The molecule has 0 spiro atoms. The van der Waals surface area contributed by atoms with Gasteiger partial charge in [-0.3, -0.25) is 13.8 Å². The standard InChI is InChI=1S/C35H68NO7P/c1-3-4-5-6-7-8-9-10-11-12-13-14-15-16-17-18-19-20-21-22-23-24-25-26-27-28-30-40-32-35(43-34(2)37)33-42-44(38,39)41-31-29-36/h9-10,12-13,35H,3-8,11,14-33,36H2,1-2H3,(H,38,39)/b10-9-,13-12-. The highest BCUT2D eigenvalue weighted by atomic mass is 31.2. The quantitative estimate of drug-likeness (QED) is 0.0307. The first kappa shape index (κ1) is 43.0. The van der Waals surface area contributed by atoms with Crippen molar-refractivity contribution < 1.29 is 32.8 Å². The maximum Gasteiger partial charge on any atom is 0.472 e. The maximum absolute atomic E-state index is 11.7. The van der Waals surface area contributed by atoms with Crippen molar-refractivity contribution in [1.82, 2.24) is 0 Å². The molecule has 0 aliphatic rings. The molecule has 0 radical (unpaired) electrons. The summed E-state index contributed by atoms with van der Waals surface area (Å²) < 4.78 is 32.0. The number of rotatable bonds is 34. The first-order valence-electron chi connectivity index (χ1n) is 17.8. The van der Waals surface area contributed by atoms with Gasteiger partial charge in [-0.15, -0.1) is 0 Å². The van der Waals surface area contributed by atoms with E-state index < -0.39 is 19.9 Å². The van der Waals surface area contributed by atoms with Crippen molar-refractivity contribution >= 4 is 13.8 Å². The van der Waals surface area contributed by atoms with Gasteiger partial charge in [0.15, 0.2) is 0 Å². The van der Waals surface area contributed by atoms with Crippen LogP contribution in [0.3, 0.4) is 0 Å². The SMILES string of the molecule is CCCCCCC/C=C\C/C=C\CCCCCCCCCCCCCCCCOCC(COP(=O)(O)OCCN)OC(C)=O. The van der Waals surface area contributed by atoms with E-state index in [9.17, 15) is 14.3 Å². The molecular weight excluding hydrogens is 577 g/mol. The largest absolute Gasteiger partial charge is 0.472 e. The number of carbonyl (C=O) groups excluding carboxylic acids is 1. The van der Waals surface area contributed by atoms with E-state index in [4.69, 9.17) is 19.7 Å². The molecule has 260 valence electrons. The fraction of sp³-hybridized carbons (Fsp3) is 0.857. The van der Waals surface area contributed by atoms with Crippen molar-refractivity contribution in [3.8, 4) is 0 Å². The minimum absolute atomic E-state index is 0.0979. The predicted octanol–water partition coefficient (Wildman–Crippen LogP) is 9.74. The Kier molecular flexibility index (Phi) is 32.6. The average molecular weight is 646 g/mol. The van der Waals surface area contributed by atoms with Gasteiger partial charge in [0.25, 0.3) is 0 Å². The van der Waals surface area contributed by atoms with Crippen molar-refractivity contribution in [3.05, 3.63) is 24.3 Å². The van der Waals surface area contributed by atoms with Crippen LogP contribution in [-0.4, -0.2) is 49.9 Å². The Morgan fingerprint density at radius 3 is 1.64 bits per heavy atom. The third-order valence-electron chi connectivity index (χ3n) is 7.42. The highest BCUT2D eigenvalue weighted by molar-refractivity contribution is 7.47. The predicted molar refractivity (Wildman–Crippen MR) is 183 cm³/mol. The summed E-state index contributed by atoms with van der Waals surface area (Å²) in [6.07, 6.45) is 37.0. The number of phosphoric acid groups is 1. The number of nitrogens with two attached hydrogens (primary N) is 1. The molecule has 0 amide bonds. The van der Waals surface area contributed by atoms with E-state index in [-0.39, 0.29) is 26.4 Å². The Morgan fingerprint density at radius 1 is 0.682 bits per heavy atom. The number of allylic oxidation sites excluding steroid dienone is 4. The molecule has 0 aliphatic heterocycles. The van der Waals surface area contributed by atoms with Crippen molar-refractivity contribution in [2.45, 2.75) is 161 Å². The molecule has 8 nitrogen and oxygen atoms in total. The Balaban J connectivity index is 3.46. The molecule has 0 saturated carbocycles. The summed E-state index contributed by atoms with van der Waals surface area (Å²) in [6.45, 7) is 3.91. The molecule has 44 heavy (non-hydrogen) atoms. The lowest BCUT2D eigenvalue weighted by atomic mass is 10.0. The number of esters is 1. The van der Waals surface area contributed by atoms with E-state index in [2.05, 4.69) is 35.8 Å². The van der Waals surface area contributed by atoms with Crippen LogP contribution in [0.4, 0.5) is 0 Å². The highest BCUT2D eigenvalue weighted by Crippen LogP contribution is 2.43. The molecule has 0 bridgehead atoms. The van der Waals surface area contributed by atoms with Gasteiger partial charge < -0.3 is 20.1 Å². The molecular formula is C35H68NO7P. The van der Waals surface area contributed by atoms with Crippen molar-refractivity contribution in [2.75, 3.05) is 33.0 Å². The summed E-state index contributed by atoms with van der Waals surface area (Å²) >= 11 is 0. The lowest BCUT2D eigenvalue weighted by Crippen LogP contribution is -2.27. The van der Waals surface area contributed by atoms with Crippen LogP contribution in [0, 0.1) is 0 Å². The van der Waals surface area contributed by atoms with Crippen LogP contribution in [0.15, 0.2) is 24.3 Å². The fourth-order valence-electron chi connectivity index (χ4n) is 4.91. The molecule has 0 aromatic heterocycles. The Bertz CT molecular complexity index is 732. The minimum atomic E-state index is -4.22. The zero-order chi connectivity index (χ0) is 32.4. The van der Waals surface area contributed by atoms with Gasteiger partial charge in [0.2, 0.25) is 0 Å². The second-order valence-corrected chi connectivity index (χ2v) is 13.3. The Hall–Kier alpha value is -1.02. The summed E-state index contributed by atoms with van der Waals surface area (Å²) in [6, 6.07) is 0. The smallest absolute Gasteiger partial charge is 0.458 e. The van der Waals surface area contributed by atoms with Gasteiger partial charge >= 0.3 is 13.8 Å². The number of carbonyl (C=O) groups is 1. The molecule has 0 heterocycles. The topological polar surface area (TPSA) is 117 Å². The number of hydrogen-bond donors (Lipinski definition) is 2. The minimum Gasteiger partial charge on any atom is -0.458 e. The van der Waals surface area contributed by atoms with E-state index in [0.29, 0.717) is 6.61 Å². The molecule has 0 rings (SSSR count). The van der Waals surface area contributed by atoms with Crippen LogP contribution in [0.25, 0.3) is 0 Å². The van der Waals surface area contributed by atoms with Crippen LogP contribution in [0.5, 0.6) is 0 Å². The van der Waals surface area contributed by atoms with Gasteiger partial charge in [-0.1, -0.05) is 134 Å². The summed E-state index contributed by atoms with van der Waals surface area (Å²) in [5.41, 5.74) is 5.26. The third kappa shape index (κ3) is 33.9. The van der Waals surface area contributed by atoms with E-state index in [1.807, 2.05) is 0 Å². The van der Waals surface area contributed by atoms with E-state index in [1.54, 1.807) is 0 Å². The fourth-order valence-corrected chi connectivity index (χ4v) is 5.67. The molecule has 0 fully saturated rings. The Labute approximate surface area is 270 Å². The summed E-state index contributed by atoms with van der Waals surface area (Å²) in [5, 5.41) is 0. The second kappa shape index (κ2) is 33.3. The second-order valence-electron chi connectivity index (χ2n) is 11.8. The Morgan fingerprint density at radius 2 is 1.16 bits per heavy atom. The van der Waals surface area contributed by atoms with Crippen molar-refractivity contribution in [3.63, 3.8) is 0 Å². The normalized spacial score (nSPS) is 14.0. The zero-order valence-corrected chi connectivity index (χ0v) is 29.3. The van der Waals surface area contributed by atoms with Crippen LogP contribution in [-0.2, 0) is 27.9 Å². The van der Waals surface area contributed by atoms with Gasteiger partial charge in [0.05, 0.1) is 19.8 Å². The average Bonchev–Trinajstić information content (AvgIpc) is 3.00. The van der Waals surface area contributed by atoms with Crippen molar-refractivity contribution in [1.29, 1.82) is 0 Å². The monoisotopic (exact) mass is 645 g/mol.